The van der Waals surface area contributed by atoms with Gasteiger partial charge in [-0.05, 0) is 12.5 Å². The highest BCUT2D eigenvalue weighted by atomic mass is 79.9. The van der Waals surface area contributed by atoms with Gasteiger partial charge in [0.05, 0.1) is 39.8 Å². The smallest absolute Gasteiger partial charge is 0.222 e. The normalized spacial score (nSPS) is 15.6. The Hall–Kier alpha value is -0.350. The van der Waals surface area contributed by atoms with Gasteiger partial charge in [0.15, 0.2) is 0 Å². The molecule has 0 aliphatic carbocycles. The number of halogens is 1. The molecule has 1 aliphatic rings. The van der Waals surface area contributed by atoms with Crippen LogP contribution in [-0.4, -0.2) is 55.1 Å². The number of rotatable bonds is 18. The number of carbonyl (C=O) groups excluding carboxylic acids is 1. The Kier molecular flexibility index (Phi) is 19.1. The van der Waals surface area contributed by atoms with Gasteiger partial charge in [-0.25, -0.2) is 0 Å². The van der Waals surface area contributed by atoms with E-state index in [1.165, 1.54) is 89.9 Å². The molecule has 1 fully saturated rings. The molecule has 0 aromatic carbocycles. The first kappa shape index (κ1) is 29.7. The van der Waals surface area contributed by atoms with E-state index in [-0.39, 0.29) is 17.0 Å². The van der Waals surface area contributed by atoms with Crippen LogP contribution in [0.4, 0.5) is 0 Å². The van der Waals surface area contributed by atoms with Crippen molar-refractivity contribution in [3.8, 4) is 0 Å². The maximum absolute atomic E-state index is 12.4. The molecule has 4 heteroatoms. The molecule has 1 rings (SSSR count). The minimum Gasteiger partial charge on any atom is -1.00 e. The van der Waals surface area contributed by atoms with E-state index in [0.29, 0.717) is 5.91 Å². The van der Waals surface area contributed by atoms with Gasteiger partial charge in [0.2, 0.25) is 5.91 Å². The third kappa shape index (κ3) is 14.6. The Labute approximate surface area is 199 Å². The van der Waals surface area contributed by atoms with E-state index in [9.17, 15) is 4.79 Å². The van der Waals surface area contributed by atoms with Gasteiger partial charge in [0.25, 0.3) is 0 Å². The zero-order chi connectivity index (χ0) is 21.2. The van der Waals surface area contributed by atoms with E-state index in [2.05, 4.69) is 25.5 Å². The van der Waals surface area contributed by atoms with E-state index in [1.54, 1.807) is 0 Å². The van der Waals surface area contributed by atoms with E-state index in [4.69, 9.17) is 0 Å². The molecule has 0 atom stereocenters. The first-order chi connectivity index (χ1) is 14.1. The molecule has 3 nitrogen and oxygen atoms in total. The quantitative estimate of drug-likeness (QED) is 0.164. The lowest BCUT2D eigenvalue weighted by molar-refractivity contribution is -0.907. The number of carbonyl (C=O) groups is 1. The van der Waals surface area contributed by atoms with E-state index in [0.717, 1.165) is 50.0 Å². The number of quaternary nitrogens is 1. The van der Waals surface area contributed by atoms with Crippen LogP contribution in [0.1, 0.15) is 110 Å². The first-order valence-corrected chi connectivity index (χ1v) is 12.8. The van der Waals surface area contributed by atoms with Crippen molar-refractivity contribution in [2.75, 3.05) is 39.8 Å². The lowest BCUT2D eigenvalue weighted by Gasteiger charge is -2.41. The molecule has 178 valence electrons. The molecule has 0 saturated carbocycles. The standard InChI is InChI=1S/C26H51N2O.BrH/c1-4-6-7-8-9-10-11-12-13-14-15-16-17-18-19-20-26(29)27-21-24-28(3,23-5-2)25-22-27;/h5H,2,4,6-25H2,1,3H3;1H/q+1;/p-1. The fourth-order valence-corrected chi connectivity index (χ4v) is 4.50. The number of hydrogen-bond donors (Lipinski definition) is 0. The van der Waals surface area contributed by atoms with Crippen molar-refractivity contribution in [2.45, 2.75) is 110 Å². The van der Waals surface area contributed by atoms with Gasteiger partial charge < -0.3 is 26.4 Å². The van der Waals surface area contributed by atoms with Crippen LogP contribution in [0.3, 0.4) is 0 Å². The van der Waals surface area contributed by atoms with Crippen molar-refractivity contribution in [3.05, 3.63) is 12.7 Å². The second kappa shape index (κ2) is 19.3. The SMILES string of the molecule is C=CC[N+]1(C)CCN(C(=O)CCCCCCCCCCCCCCCCC)CC1.[Br-]. The molecular weight excluding hydrogens is 436 g/mol. The second-order valence-corrected chi connectivity index (χ2v) is 9.62. The Morgan fingerprint density at radius 2 is 1.20 bits per heavy atom. The van der Waals surface area contributed by atoms with Crippen LogP contribution in [0.25, 0.3) is 0 Å². The highest BCUT2D eigenvalue weighted by Gasteiger charge is 2.29. The van der Waals surface area contributed by atoms with E-state index < -0.39 is 0 Å². The Bertz CT molecular complexity index is 419. The lowest BCUT2D eigenvalue weighted by atomic mass is 10.0. The number of nitrogens with zero attached hydrogens (tertiary/aromatic N) is 2. The summed E-state index contributed by atoms with van der Waals surface area (Å²) >= 11 is 0. The highest BCUT2D eigenvalue weighted by Crippen LogP contribution is 2.15. The minimum atomic E-state index is 0. The van der Waals surface area contributed by atoms with Gasteiger partial charge in [-0.2, -0.15) is 0 Å². The summed E-state index contributed by atoms with van der Waals surface area (Å²) in [7, 11) is 2.28. The summed E-state index contributed by atoms with van der Waals surface area (Å²) in [6.45, 7) is 11.1. The average molecular weight is 488 g/mol. The molecule has 0 aromatic heterocycles. The Morgan fingerprint density at radius 3 is 1.60 bits per heavy atom. The van der Waals surface area contributed by atoms with Crippen molar-refractivity contribution in [1.82, 2.24) is 4.90 Å². The van der Waals surface area contributed by atoms with Gasteiger partial charge in [-0.1, -0.05) is 103 Å². The van der Waals surface area contributed by atoms with Crippen molar-refractivity contribution in [2.24, 2.45) is 0 Å². The maximum Gasteiger partial charge on any atom is 0.222 e. The van der Waals surface area contributed by atoms with Gasteiger partial charge in [-0.3, -0.25) is 4.79 Å². The highest BCUT2D eigenvalue weighted by molar-refractivity contribution is 5.76. The summed E-state index contributed by atoms with van der Waals surface area (Å²) < 4.78 is 1.03. The predicted molar refractivity (Wildman–Crippen MR) is 127 cm³/mol. The number of piperazine rings is 1. The number of amides is 1. The monoisotopic (exact) mass is 486 g/mol. The first-order valence-electron chi connectivity index (χ1n) is 12.8. The molecule has 30 heavy (non-hydrogen) atoms. The molecule has 1 amide bonds. The summed E-state index contributed by atoms with van der Waals surface area (Å²) in [6, 6.07) is 0. The predicted octanol–water partition coefficient (Wildman–Crippen LogP) is 3.73. The summed E-state index contributed by atoms with van der Waals surface area (Å²) in [4.78, 5) is 14.5. The molecule has 0 unspecified atom stereocenters. The third-order valence-electron chi connectivity index (χ3n) is 6.74. The zero-order valence-electron chi connectivity index (χ0n) is 20.3. The van der Waals surface area contributed by atoms with E-state index >= 15 is 0 Å². The summed E-state index contributed by atoms with van der Waals surface area (Å²) in [6.07, 6.45) is 23.4. The minimum absolute atomic E-state index is 0. The van der Waals surface area contributed by atoms with Crippen molar-refractivity contribution < 1.29 is 26.3 Å². The largest absolute Gasteiger partial charge is 1.00 e. The molecule has 0 radical (unpaired) electrons. The molecular formula is C26H51BrN2O. The number of hydrogen-bond acceptors (Lipinski definition) is 1. The van der Waals surface area contributed by atoms with Crippen molar-refractivity contribution in [3.63, 3.8) is 0 Å². The van der Waals surface area contributed by atoms with Crippen LogP contribution in [0.2, 0.25) is 0 Å². The van der Waals surface area contributed by atoms with Gasteiger partial charge >= 0.3 is 0 Å². The fraction of sp³-hybridized carbons (Fsp3) is 0.885. The van der Waals surface area contributed by atoms with E-state index in [1.807, 2.05) is 6.08 Å². The van der Waals surface area contributed by atoms with Crippen LogP contribution in [0.15, 0.2) is 12.7 Å². The topological polar surface area (TPSA) is 20.3 Å². The second-order valence-electron chi connectivity index (χ2n) is 9.62. The summed E-state index contributed by atoms with van der Waals surface area (Å²) in [5, 5.41) is 0. The Balaban J connectivity index is 0.00000841. The average Bonchev–Trinajstić information content (AvgIpc) is 2.71. The van der Waals surface area contributed by atoms with Crippen LogP contribution in [0, 0.1) is 0 Å². The Morgan fingerprint density at radius 1 is 0.800 bits per heavy atom. The molecule has 0 spiro atoms. The van der Waals surface area contributed by atoms with Crippen LogP contribution in [-0.2, 0) is 4.79 Å². The van der Waals surface area contributed by atoms with Crippen LogP contribution < -0.4 is 17.0 Å². The van der Waals surface area contributed by atoms with Crippen molar-refractivity contribution in [1.29, 1.82) is 0 Å². The zero-order valence-corrected chi connectivity index (χ0v) is 21.9. The summed E-state index contributed by atoms with van der Waals surface area (Å²) in [5.74, 6) is 0.379. The van der Waals surface area contributed by atoms with Crippen molar-refractivity contribution >= 4 is 5.91 Å². The van der Waals surface area contributed by atoms with Crippen LogP contribution >= 0.6 is 0 Å². The van der Waals surface area contributed by atoms with Gasteiger partial charge in [-0.15, -0.1) is 0 Å². The maximum atomic E-state index is 12.4. The third-order valence-corrected chi connectivity index (χ3v) is 6.74. The fourth-order valence-electron chi connectivity index (χ4n) is 4.50. The summed E-state index contributed by atoms with van der Waals surface area (Å²) in [5.41, 5.74) is 0. The molecule has 1 aliphatic heterocycles. The molecule has 0 N–H and O–H groups in total. The number of likely N-dealkylation sites (N-methyl/N-ethyl adjacent to an activating group) is 1. The molecule has 1 saturated heterocycles. The molecule has 0 bridgehead atoms. The lowest BCUT2D eigenvalue weighted by Crippen LogP contribution is -3.00. The van der Waals surface area contributed by atoms with Gasteiger partial charge in [0, 0.05) is 6.42 Å². The van der Waals surface area contributed by atoms with Crippen LogP contribution in [0.5, 0.6) is 0 Å². The number of unbranched alkanes of at least 4 members (excludes halogenated alkanes) is 14. The molecule has 1 heterocycles. The molecule has 0 aromatic rings. The van der Waals surface area contributed by atoms with Gasteiger partial charge in [0.1, 0.15) is 0 Å².